The molecule has 2 N–H and O–H groups in total. The average Bonchev–Trinajstić information content (AvgIpc) is 3.09. The Morgan fingerprint density at radius 1 is 1.41 bits per heavy atom. The maximum absolute atomic E-state index is 12.6. The van der Waals surface area contributed by atoms with Gasteiger partial charge < -0.3 is 19.7 Å². The van der Waals surface area contributed by atoms with Crippen molar-refractivity contribution in [2.24, 2.45) is 0 Å². The molecular weight excluding hydrogens is 352 g/mol. The van der Waals surface area contributed by atoms with E-state index in [1.54, 1.807) is 6.07 Å². The fourth-order valence-electron chi connectivity index (χ4n) is 2.80. The number of methoxy groups -OCH3 is 1. The fraction of sp³-hybridized carbons (Fsp3) is 0.333. The van der Waals surface area contributed by atoms with Crippen molar-refractivity contribution in [3.05, 3.63) is 34.4 Å². The first-order chi connectivity index (χ1) is 10.5. The first kappa shape index (κ1) is 15.1. The van der Waals surface area contributed by atoms with Gasteiger partial charge in [0.25, 0.3) is 5.91 Å². The molecule has 1 aromatic carbocycles. The molecule has 0 spiro atoms. The number of hydrogen-bond acceptors (Lipinski definition) is 3. The highest BCUT2D eigenvalue weighted by Gasteiger charge is 2.40. The van der Waals surface area contributed by atoms with Crippen LogP contribution in [0.25, 0.3) is 10.9 Å². The number of carbonyl (C=O) groups excluding carboxylic acids is 1. The lowest BCUT2D eigenvalue weighted by Crippen LogP contribution is -2.40. The van der Waals surface area contributed by atoms with Gasteiger partial charge in [0.15, 0.2) is 0 Å². The summed E-state index contributed by atoms with van der Waals surface area (Å²) in [5, 5.41) is 10.2. The molecule has 0 bridgehead atoms. The van der Waals surface area contributed by atoms with Gasteiger partial charge in [-0.15, -0.1) is 0 Å². The SMILES string of the molecule is COC1CC(C(=O)O)N(C(=O)c2cc3cc(Br)ccc3[nH]2)C1. The number of aromatic nitrogens is 1. The summed E-state index contributed by atoms with van der Waals surface area (Å²) in [5.74, 6) is -1.33. The van der Waals surface area contributed by atoms with Crippen LogP contribution in [0.2, 0.25) is 0 Å². The number of nitrogens with zero attached hydrogens (tertiary/aromatic N) is 1. The predicted molar refractivity (Wildman–Crippen MR) is 83.9 cm³/mol. The van der Waals surface area contributed by atoms with E-state index in [1.165, 1.54) is 12.0 Å². The van der Waals surface area contributed by atoms with Crippen LogP contribution in [0, 0.1) is 0 Å². The quantitative estimate of drug-likeness (QED) is 0.872. The third-order valence-corrected chi connectivity index (χ3v) is 4.45. The highest BCUT2D eigenvalue weighted by molar-refractivity contribution is 9.10. The molecule has 7 heteroatoms. The summed E-state index contributed by atoms with van der Waals surface area (Å²) in [6.07, 6.45) is 0.0622. The Kier molecular flexibility index (Phi) is 3.92. The molecule has 1 amide bonds. The van der Waals surface area contributed by atoms with Gasteiger partial charge in [-0.3, -0.25) is 4.79 Å². The van der Waals surface area contributed by atoms with Gasteiger partial charge in [0.1, 0.15) is 11.7 Å². The van der Waals surface area contributed by atoms with Gasteiger partial charge in [-0.05, 0) is 24.3 Å². The maximum Gasteiger partial charge on any atom is 0.326 e. The molecule has 2 heterocycles. The van der Waals surface area contributed by atoms with Crippen LogP contribution in [0.1, 0.15) is 16.9 Å². The Balaban J connectivity index is 1.92. The lowest BCUT2D eigenvalue weighted by molar-refractivity contribution is -0.141. The van der Waals surface area contributed by atoms with E-state index in [4.69, 9.17) is 4.74 Å². The highest BCUT2D eigenvalue weighted by Crippen LogP contribution is 2.25. The predicted octanol–water partition coefficient (Wildman–Crippen LogP) is 2.24. The monoisotopic (exact) mass is 366 g/mol. The molecule has 1 aliphatic heterocycles. The van der Waals surface area contributed by atoms with E-state index in [-0.39, 0.29) is 18.6 Å². The number of hydrogen-bond donors (Lipinski definition) is 2. The fourth-order valence-corrected chi connectivity index (χ4v) is 3.18. The molecule has 2 atom stereocenters. The van der Waals surface area contributed by atoms with Gasteiger partial charge in [0.2, 0.25) is 0 Å². The van der Waals surface area contributed by atoms with Crippen molar-refractivity contribution in [3.63, 3.8) is 0 Å². The second kappa shape index (κ2) is 5.73. The number of aliphatic carboxylic acids is 1. The number of halogens is 1. The van der Waals surface area contributed by atoms with Crippen LogP contribution in [-0.4, -0.2) is 52.7 Å². The van der Waals surface area contributed by atoms with Crippen LogP contribution in [0.5, 0.6) is 0 Å². The third-order valence-electron chi connectivity index (χ3n) is 3.96. The number of fused-ring (bicyclic) bond motifs is 1. The molecule has 2 unspecified atom stereocenters. The summed E-state index contributed by atoms with van der Waals surface area (Å²) in [4.78, 5) is 28.4. The lowest BCUT2D eigenvalue weighted by atomic mass is 10.2. The van der Waals surface area contributed by atoms with Crippen LogP contribution < -0.4 is 0 Å². The number of rotatable bonds is 3. The number of H-pyrrole nitrogens is 1. The molecule has 2 aromatic rings. The van der Waals surface area contributed by atoms with Crippen LogP contribution in [0.15, 0.2) is 28.7 Å². The zero-order valence-electron chi connectivity index (χ0n) is 11.9. The minimum absolute atomic E-state index is 0.247. The topological polar surface area (TPSA) is 82.6 Å². The van der Waals surface area contributed by atoms with Crippen molar-refractivity contribution in [1.82, 2.24) is 9.88 Å². The minimum Gasteiger partial charge on any atom is -0.480 e. The second-order valence-electron chi connectivity index (χ2n) is 5.32. The molecule has 1 saturated heterocycles. The smallest absolute Gasteiger partial charge is 0.326 e. The van der Waals surface area contributed by atoms with Gasteiger partial charge in [-0.2, -0.15) is 0 Å². The van der Waals surface area contributed by atoms with Crippen molar-refractivity contribution in [2.75, 3.05) is 13.7 Å². The molecule has 3 rings (SSSR count). The van der Waals surface area contributed by atoms with Crippen LogP contribution in [-0.2, 0) is 9.53 Å². The van der Waals surface area contributed by atoms with E-state index in [0.29, 0.717) is 12.1 Å². The summed E-state index contributed by atoms with van der Waals surface area (Å²) in [6.45, 7) is 0.283. The Labute approximate surface area is 135 Å². The van der Waals surface area contributed by atoms with E-state index < -0.39 is 12.0 Å². The number of amides is 1. The molecule has 6 nitrogen and oxygen atoms in total. The molecule has 22 heavy (non-hydrogen) atoms. The van der Waals surface area contributed by atoms with Crippen molar-refractivity contribution in [1.29, 1.82) is 0 Å². The van der Waals surface area contributed by atoms with Gasteiger partial charge in [0.05, 0.1) is 6.10 Å². The maximum atomic E-state index is 12.6. The number of carboxylic acids is 1. The number of likely N-dealkylation sites (tertiary alicyclic amines) is 1. The molecule has 1 aliphatic rings. The summed E-state index contributed by atoms with van der Waals surface area (Å²) in [6, 6.07) is 6.54. The Hall–Kier alpha value is -1.86. The molecular formula is C15H15BrN2O4. The van der Waals surface area contributed by atoms with Crippen molar-refractivity contribution >= 4 is 38.7 Å². The van der Waals surface area contributed by atoms with Crippen molar-refractivity contribution in [2.45, 2.75) is 18.6 Å². The van der Waals surface area contributed by atoms with Crippen molar-refractivity contribution < 1.29 is 19.4 Å². The van der Waals surface area contributed by atoms with E-state index in [1.807, 2.05) is 18.2 Å². The summed E-state index contributed by atoms with van der Waals surface area (Å²) >= 11 is 3.39. The number of carboxylic acid groups (broad SMARTS) is 1. The average molecular weight is 367 g/mol. The lowest BCUT2D eigenvalue weighted by Gasteiger charge is -2.20. The summed E-state index contributed by atoms with van der Waals surface area (Å²) < 4.78 is 6.13. The van der Waals surface area contributed by atoms with Crippen LogP contribution in [0.4, 0.5) is 0 Å². The summed E-state index contributed by atoms with van der Waals surface area (Å²) in [7, 11) is 1.53. The number of carbonyl (C=O) groups is 2. The molecule has 0 saturated carbocycles. The third kappa shape index (κ3) is 2.62. The van der Waals surface area contributed by atoms with Gasteiger partial charge in [-0.1, -0.05) is 15.9 Å². The molecule has 1 fully saturated rings. The number of benzene rings is 1. The molecule has 0 radical (unpaired) electrons. The zero-order valence-corrected chi connectivity index (χ0v) is 13.5. The number of ether oxygens (including phenoxy) is 1. The highest BCUT2D eigenvalue weighted by atomic mass is 79.9. The normalized spacial score (nSPS) is 21.5. The van der Waals surface area contributed by atoms with E-state index in [9.17, 15) is 14.7 Å². The molecule has 116 valence electrons. The van der Waals surface area contributed by atoms with E-state index in [2.05, 4.69) is 20.9 Å². The van der Waals surface area contributed by atoms with E-state index >= 15 is 0 Å². The Bertz CT molecular complexity index is 742. The number of aromatic amines is 1. The number of nitrogens with one attached hydrogen (secondary N) is 1. The minimum atomic E-state index is -1.01. The van der Waals surface area contributed by atoms with Crippen LogP contribution >= 0.6 is 15.9 Å². The first-order valence-corrected chi connectivity index (χ1v) is 7.63. The van der Waals surface area contributed by atoms with Gasteiger partial charge in [0, 0.05) is 35.5 Å². The summed E-state index contributed by atoms with van der Waals surface area (Å²) in [5.41, 5.74) is 1.22. The van der Waals surface area contributed by atoms with E-state index in [0.717, 1.165) is 15.4 Å². The molecule has 1 aromatic heterocycles. The van der Waals surface area contributed by atoms with Gasteiger partial charge >= 0.3 is 5.97 Å². The van der Waals surface area contributed by atoms with Crippen molar-refractivity contribution in [3.8, 4) is 0 Å². The molecule has 0 aliphatic carbocycles. The largest absolute Gasteiger partial charge is 0.480 e. The Morgan fingerprint density at radius 3 is 2.86 bits per heavy atom. The Morgan fingerprint density at radius 2 is 2.18 bits per heavy atom. The van der Waals surface area contributed by atoms with Crippen LogP contribution in [0.3, 0.4) is 0 Å². The second-order valence-corrected chi connectivity index (χ2v) is 6.24. The standard InChI is InChI=1S/C15H15BrN2O4/c1-22-10-6-13(15(20)21)18(7-10)14(19)12-5-8-4-9(16)2-3-11(8)17-12/h2-5,10,13,17H,6-7H2,1H3,(H,20,21). The zero-order chi connectivity index (χ0) is 15.9. The van der Waals surface area contributed by atoms with Gasteiger partial charge in [-0.25, -0.2) is 4.79 Å². The first-order valence-electron chi connectivity index (χ1n) is 6.84.